The predicted molar refractivity (Wildman–Crippen MR) is 168 cm³/mol. The maximum absolute atomic E-state index is 11.6. The molecule has 11 nitrogen and oxygen atoms in total. The first-order valence-corrected chi connectivity index (χ1v) is 17.9. The standard InChI is InChI=1S/C29H29ClN4O7S3/c1-3-32-24-17-22(30)20(18-31)16-23(24)33(12-5-15-43(35,36)37)27(32)6-4-7-28-34(13-10-19(2)44(38,39)40)29-21-11-14-41-25(21)8-9-26(29)42-28/h4,6-9,11,14,16-17,19H,3,5,10,12-13,15H2,1-2H3,(H-,35,36,37,38,39,40)/p-1. The number of halogens is 1. The molecule has 1 atom stereocenters. The molecule has 5 rings (SSSR count). The van der Waals surface area contributed by atoms with Crippen molar-refractivity contribution in [2.75, 3.05) is 28.6 Å². The van der Waals surface area contributed by atoms with Crippen LogP contribution in [0.5, 0.6) is 0 Å². The Morgan fingerprint density at radius 1 is 1.16 bits per heavy atom. The minimum Gasteiger partial charge on any atom is -0.748 e. The third-order valence-corrected chi connectivity index (χ3v) is 10.9. The van der Waals surface area contributed by atoms with E-state index in [0.29, 0.717) is 23.6 Å². The fourth-order valence-electron chi connectivity index (χ4n) is 5.27. The molecular formula is C29H28ClN4O7S3-. The molecule has 0 fully saturated rings. The average molecular weight is 676 g/mol. The van der Waals surface area contributed by atoms with E-state index in [4.69, 9.17) is 16.0 Å². The number of nitrogens with zero attached hydrogens (tertiary/aromatic N) is 4. The minimum atomic E-state index is -4.45. The maximum atomic E-state index is 11.6. The summed E-state index contributed by atoms with van der Waals surface area (Å²) in [7, 11) is -8.87. The van der Waals surface area contributed by atoms with Gasteiger partial charge in [-0.15, -0.1) is 0 Å². The van der Waals surface area contributed by atoms with Gasteiger partial charge in [0.05, 0.1) is 59.1 Å². The second-order valence-electron chi connectivity index (χ2n) is 10.3. The number of furan rings is 1. The number of anilines is 2. The quantitative estimate of drug-likeness (QED) is 0.158. The fraction of sp³-hybridized carbons (Fsp3) is 0.310. The van der Waals surface area contributed by atoms with Crippen molar-refractivity contribution in [2.45, 2.75) is 38.5 Å². The lowest BCUT2D eigenvalue weighted by Crippen LogP contribution is -2.37. The summed E-state index contributed by atoms with van der Waals surface area (Å²) in [4.78, 5) is 3.84. The second-order valence-corrected chi connectivity index (χ2v) is 15.0. The first kappa shape index (κ1) is 32.0. The normalized spacial score (nSPS) is 15.6. The van der Waals surface area contributed by atoms with Crippen molar-refractivity contribution < 1.29 is 34.9 Å². The van der Waals surface area contributed by atoms with Gasteiger partial charge in [0, 0.05) is 31.3 Å². The van der Waals surface area contributed by atoms with E-state index in [1.165, 1.54) is 18.3 Å². The van der Waals surface area contributed by atoms with E-state index >= 15 is 0 Å². The Hall–Kier alpha value is -3.45. The van der Waals surface area contributed by atoms with Crippen molar-refractivity contribution in [1.29, 1.82) is 5.26 Å². The zero-order valence-corrected chi connectivity index (χ0v) is 27.0. The van der Waals surface area contributed by atoms with Gasteiger partial charge in [-0.1, -0.05) is 29.0 Å². The number of hydrogen-bond acceptors (Lipinski definition) is 11. The molecule has 0 saturated carbocycles. The number of aromatic nitrogens is 1. The van der Waals surface area contributed by atoms with Gasteiger partial charge in [0.1, 0.15) is 22.2 Å². The zero-order valence-electron chi connectivity index (χ0n) is 23.8. The lowest BCUT2D eigenvalue weighted by molar-refractivity contribution is -0.668. The van der Waals surface area contributed by atoms with Crippen LogP contribution in [0.4, 0.5) is 11.4 Å². The molecule has 232 valence electrons. The van der Waals surface area contributed by atoms with Crippen molar-refractivity contribution >= 4 is 81.8 Å². The van der Waals surface area contributed by atoms with Crippen molar-refractivity contribution in [1.82, 2.24) is 0 Å². The van der Waals surface area contributed by atoms with E-state index in [1.807, 2.05) is 57.7 Å². The molecule has 15 heteroatoms. The van der Waals surface area contributed by atoms with E-state index in [9.17, 15) is 31.2 Å². The van der Waals surface area contributed by atoms with Gasteiger partial charge in [-0.2, -0.15) is 9.83 Å². The highest BCUT2D eigenvalue weighted by atomic mass is 35.5. The molecule has 0 bridgehead atoms. The van der Waals surface area contributed by atoms with E-state index in [-0.39, 0.29) is 36.5 Å². The minimum absolute atomic E-state index is 0.0756. The summed E-state index contributed by atoms with van der Waals surface area (Å²) in [5.41, 5.74) is 3.23. The highest BCUT2D eigenvalue weighted by Crippen LogP contribution is 2.44. The largest absolute Gasteiger partial charge is 0.748 e. The van der Waals surface area contributed by atoms with Crippen molar-refractivity contribution in [2.24, 2.45) is 0 Å². The molecular weight excluding hydrogens is 648 g/mol. The van der Waals surface area contributed by atoms with Gasteiger partial charge >= 0.3 is 0 Å². The van der Waals surface area contributed by atoms with E-state index < -0.39 is 31.2 Å². The Kier molecular flexibility index (Phi) is 9.08. The molecule has 3 heterocycles. The summed E-state index contributed by atoms with van der Waals surface area (Å²) in [6, 6.07) is 11.1. The number of benzene rings is 2. The highest BCUT2D eigenvalue weighted by molar-refractivity contribution is 7.86. The van der Waals surface area contributed by atoms with E-state index in [0.717, 1.165) is 26.3 Å². The van der Waals surface area contributed by atoms with Gasteiger partial charge < -0.3 is 23.3 Å². The number of rotatable bonds is 11. The van der Waals surface area contributed by atoms with Crippen LogP contribution in [0.2, 0.25) is 5.02 Å². The number of allylic oxidation sites excluding steroid dienone is 2. The number of fused-ring (bicyclic) bond motifs is 4. The summed E-state index contributed by atoms with van der Waals surface area (Å²) < 4.78 is 77.3. The van der Waals surface area contributed by atoms with Crippen LogP contribution in [0, 0.1) is 11.3 Å². The smallest absolute Gasteiger partial charge is 0.262 e. The molecule has 2 aromatic heterocycles. The van der Waals surface area contributed by atoms with Crippen molar-refractivity contribution in [3.8, 4) is 6.07 Å². The zero-order chi connectivity index (χ0) is 31.8. The molecule has 1 aliphatic heterocycles. The third-order valence-electron chi connectivity index (χ3n) is 7.47. The van der Waals surface area contributed by atoms with Crippen LogP contribution in [0.3, 0.4) is 0 Å². The van der Waals surface area contributed by atoms with Gasteiger partial charge in [-0.3, -0.25) is 0 Å². The molecule has 0 saturated heterocycles. The summed E-state index contributed by atoms with van der Waals surface area (Å²) in [6.07, 6.45) is 7.34. The summed E-state index contributed by atoms with van der Waals surface area (Å²) in [5, 5.41) is 10.4. The second kappa shape index (κ2) is 12.5. The van der Waals surface area contributed by atoms with Crippen LogP contribution in [0.25, 0.3) is 27.3 Å². The molecule has 0 N–H and O–H groups in total. The molecule has 44 heavy (non-hydrogen) atoms. The Morgan fingerprint density at radius 2 is 1.91 bits per heavy atom. The van der Waals surface area contributed by atoms with Gasteiger partial charge in [0.2, 0.25) is 5.52 Å². The third kappa shape index (κ3) is 6.49. The molecule has 1 aliphatic rings. The monoisotopic (exact) mass is 675 g/mol. The summed E-state index contributed by atoms with van der Waals surface area (Å²) in [6.45, 7) is 4.37. The average Bonchev–Trinajstić information content (AvgIpc) is 3.64. The van der Waals surface area contributed by atoms with Gasteiger partial charge in [0.25, 0.3) is 5.01 Å². The Balaban J connectivity index is 1.56. The maximum Gasteiger partial charge on any atom is 0.262 e. The predicted octanol–water partition coefficient (Wildman–Crippen LogP) is 4.92. The van der Waals surface area contributed by atoms with Crippen LogP contribution >= 0.6 is 22.9 Å². The van der Waals surface area contributed by atoms with Crippen molar-refractivity contribution in [3.63, 3.8) is 0 Å². The van der Waals surface area contributed by atoms with Crippen LogP contribution in [0.1, 0.15) is 37.3 Å². The highest BCUT2D eigenvalue weighted by Gasteiger charge is 2.31. The van der Waals surface area contributed by atoms with Crippen LogP contribution < -0.4 is 14.4 Å². The molecule has 1 unspecified atom stereocenters. The molecule has 2 aromatic carbocycles. The number of hydrogen-bond donors (Lipinski definition) is 0. The molecule has 0 radical (unpaired) electrons. The van der Waals surface area contributed by atoms with Crippen LogP contribution in [0.15, 0.2) is 59.0 Å². The fourth-order valence-corrected chi connectivity index (χ4v) is 7.47. The topological polar surface area (TPSA) is 162 Å². The lowest BCUT2D eigenvalue weighted by Gasteiger charge is -2.24. The first-order chi connectivity index (χ1) is 20.8. The number of nitriles is 1. The number of thiazole rings is 1. The molecule has 0 aliphatic carbocycles. The van der Waals surface area contributed by atoms with Crippen LogP contribution in [-0.4, -0.2) is 50.0 Å². The molecule has 4 aromatic rings. The summed E-state index contributed by atoms with van der Waals surface area (Å²) in [5.74, 6) is 0.165. The Labute approximate surface area is 264 Å². The van der Waals surface area contributed by atoms with Gasteiger partial charge in [-0.25, -0.2) is 16.8 Å². The van der Waals surface area contributed by atoms with Gasteiger partial charge in [-0.05, 0) is 56.7 Å². The first-order valence-electron chi connectivity index (χ1n) is 13.7. The number of aryl methyl sites for hydroxylation is 1. The Morgan fingerprint density at radius 3 is 2.59 bits per heavy atom. The van der Waals surface area contributed by atoms with E-state index in [2.05, 4.69) is 6.07 Å². The molecule has 0 amide bonds. The van der Waals surface area contributed by atoms with Gasteiger partial charge in [0.15, 0.2) is 6.54 Å². The van der Waals surface area contributed by atoms with E-state index in [1.54, 1.807) is 18.4 Å². The van der Waals surface area contributed by atoms with Crippen LogP contribution in [-0.2, 0) is 26.8 Å². The molecule has 0 spiro atoms. The lowest BCUT2D eigenvalue weighted by atomic mass is 10.1. The van der Waals surface area contributed by atoms with Crippen molar-refractivity contribution in [3.05, 3.63) is 70.2 Å². The summed E-state index contributed by atoms with van der Waals surface area (Å²) >= 11 is 7.85. The Bertz CT molecular complexity index is 2060. The SMILES string of the molecule is CCN1/C(=C\C=C\c2sc3ccc4occc4c3[n+]2CCC(C)S(=O)(=O)[O-])N(CCCS(=O)(=O)[O-])c2cc(C#N)c(Cl)cc21.